The maximum atomic E-state index is 10.5. The van der Waals surface area contributed by atoms with E-state index in [1.807, 2.05) is 0 Å². The van der Waals surface area contributed by atoms with E-state index in [2.05, 4.69) is 0 Å². The molecule has 0 saturated carbocycles. The van der Waals surface area contributed by atoms with Gasteiger partial charge in [0, 0.05) is 0 Å². The fourth-order valence-electron chi connectivity index (χ4n) is 0.895. The summed E-state index contributed by atoms with van der Waals surface area (Å²) in [5, 5.41) is 18.2. The van der Waals surface area contributed by atoms with Crippen LogP contribution in [0.3, 0.4) is 0 Å². The first-order valence-electron chi connectivity index (χ1n) is 3.04. The van der Waals surface area contributed by atoms with Gasteiger partial charge in [0.05, 0.1) is 13.3 Å². The van der Waals surface area contributed by atoms with Gasteiger partial charge < -0.3 is 10.3 Å². The monoisotopic (exact) mass is 215 g/mol. The molecule has 1 fully saturated rings. The molecule has 1 heterocycles. The standard InChI is InChI=1S/C4H7Cl2N3O3/c5-7-1-8(6)3(4(10)11)9(12)2-7/h3,12H,1-2H2,(H,10,11). The van der Waals surface area contributed by atoms with Crippen molar-refractivity contribution in [2.75, 3.05) is 13.3 Å². The van der Waals surface area contributed by atoms with Crippen molar-refractivity contribution in [2.24, 2.45) is 0 Å². The zero-order chi connectivity index (χ0) is 9.30. The highest BCUT2D eigenvalue weighted by Crippen LogP contribution is 2.16. The second-order valence-electron chi connectivity index (χ2n) is 2.30. The number of nitrogens with zero attached hydrogens (tertiary/aromatic N) is 3. The Hall–Kier alpha value is -0.110. The third-order valence-electron chi connectivity index (χ3n) is 1.36. The number of halogens is 2. The zero-order valence-corrected chi connectivity index (χ0v) is 7.40. The molecular weight excluding hydrogens is 209 g/mol. The molecule has 0 aliphatic carbocycles. The minimum absolute atomic E-state index is 0.0666. The van der Waals surface area contributed by atoms with Crippen LogP contribution in [0.1, 0.15) is 0 Å². The molecule has 0 aromatic rings. The number of rotatable bonds is 1. The Morgan fingerprint density at radius 1 is 1.42 bits per heavy atom. The Labute approximate surface area is 78.6 Å². The van der Waals surface area contributed by atoms with Crippen molar-refractivity contribution in [3.8, 4) is 0 Å². The van der Waals surface area contributed by atoms with Crippen LogP contribution in [0, 0.1) is 0 Å². The molecule has 0 bridgehead atoms. The lowest BCUT2D eigenvalue weighted by Gasteiger charge is -2.36. The van der Waals surface area contributed by atoms with E-state index in [-0.39, 0.29) is 13.3 Å². The topological polar surface area (TPSA) is 67.2 Å². The molecule has 0 radical (unpaired) electrons. The van der Waals surface area contributed by atoms with Crippen LogP contribution in [0.15, 0.2) is 0 Å². The Kier molecular flexibility index (Phi) is 3.10. The normalized spacial score (nSPS) is 29.1. The Bertz CT molecular complexity index is 180. The minimum Gasteiger partial charge on any atom is -0.479 e. The highest BCUT2D eigenvalue weighted by atomic mass is 35.5. The summed E-state index contributed by atoms with van der Waals surface area (Å²) in [6, 6.07) is 0. The summed E-state index contributed by atoms with van der Waals surface area (Å²) in [6.45, 7) is -0.00111. The zero-order valence-electron chi connectivity index (χ0n) is 5.89. The molecular formula is C4H7Cl2N3O3. The molecule has 0 spiro atoms. The van der Waals surface area contributed by atoms with Crippen LogP contribution in [0.5, 0.6) is 0 Å². The van der Waals surface area contributed by atoms with Gasteiger partial charge in [-0.05, 0) is 23.6 Å². The number of hydroxylamine groups is 2. The van der Waals surface area contributed by atoms with E-state index in [9.17, 15) is 4.79 Å². The molecule has 6 nitrogen and oxygen atoms in total. The van der Waals surface area contributed by atoms with E-state index in [0.29, 0.717) is 5.06 Å². The molecule has 1 aliphatic rings. The number of carboxylic acid groups (broad SMARTS) is 1. The summed E-state index contributed by atoms with van der Waals surface area (Å²) in [4.78, 5) is 10.5. The van der Waals surface area contributed by atoms with Crippen LogP contribution in [0.25, 0.3) is 0 Å². The largest absolute Gasteiger partial charge is 0.479 e. The molecule has 12 heavy (non-hydrogen) atoms. The van der Waals surface area contributed by atoms with E-state index in [1.54, 1.807) is 0 Å². The van der Waals surface area contributed by atoms with Crippen molar-refractivity contribution in [1.82, 2.24) is 13.9 Å². The maximum absolute atomic E-state index is 10.5. The average Bonchev–Trinajstić information content (AvgIpc) is 1.82. The number of hydrogen-bond donors (Lipinski definition) is 2. The van der Waals surface area contributed by atoms with Gasteiger partial charge in [0.2, 0.25) is 6.17 Å². The van der Waals surface area contributed by atoms with Crippen molar-refractivity contribution in [2.45, 2.75) is 6.17 Å². The molecule has 0 amide bonds. The lowest BCUT2D eigenvalue weighted by molar-refractivity contribution is -0.212. The van der Waals surface area contributed by atoms with E-state index < -0.39 is 12.1 Å². The quantitative estimate of drug-likeness (QED) is 0.598. The third kappa shape index (κ3) is 1.98. The first-order valence-corrected chi connectivity index (χ1v) is 3.71. The van der Waals surface area contributed by atoms with Gasteiger partial charge in [-0.2, -0.15) is 8.84 Å². The second-order valence-corrected chi connectivity index (χ2v) is 3.21. The van der Waals surface area contributed by atoms with Gasteiger partial charge in [-0.3, -0.25) is 0 Å². The fourth-order valence-corrected chi connectivity index (χ4v) is 1.49. The number of carbonyl (C=O) groups is 1. The summed E-state index contributed by atoms with van der Waals surface area (Å²) in [6.07, 6.45) is -1.25. The third-order valence-corrected chi connectivity index (χ3v) is 1.86. The van der Waals surface area contributed by atoms with Crippen LogP contribution in [-0.4, -0.2) is 49.7 Å². The lowest BCUT2D eigenvalue weighted by atomic mass is 10.4. The van der Waals surface area contributed by atoms with Gasteiger partial charge in [-0.25, -0.2) is 4.79 Å². The van der Waals surface area contributed by atoms with Crippen molar-refractivity contribution < 1.29 is 15.1 Å². The first-order chi connectivity index (χ1) is 5.52. The average molecular weight is 216 g/mol. The van der Waals surface area contributed by atoms with Gasteiger partial charge >= 0.3 is 5.97 Å². The maximum Gasteiger partial charge on any atom is 0.339 e. The van der Waals surface area contributed by atoms with Crippen LogP contribution in [0.4, 0.5) is 0 Å². The Balaban J connectivity index is 2.66. The highest BCUT2D eigenvalue weighted by molar-refractivity contribution is 6.16. The van der Waals surface area contributed by atoms with Crippen LogP contribution in [-0.2, 0) is 4.79 Å². The smallest absolute Gasteiger partial charge is 0.339 e. The van der Waals surface area contributed by atoms with Gasteiger partial charge in [0.1, 0.15) is 0 Å². The first kappa shape index (κ1) is 9.97. The van der Waals surface area contributed by atoms with Gasteiger partial charge in [0.25, 0.3) is 0 Å². The van der Waals surface area contributed by atoms with Crippen molar-refractivity contribution in [3.63, 3.8) is 0 Å². The SMILES string of the molecule is O=C(O)C1N(O)CN(Cl)CN1Cl. The van der Waals surface area contributed by atoms with E-state index in [4.69, 9.17) is 33.9 Å². The minimum atomic E-state index is -1.25. The molecule has 2 N–H and O–H groups in total. The van der Waals surface area contributed by atoms with Gasteiger partial charge in [-0.15, -0.1) is 5.06 Å². The Morgan fingerprint density at radius 2 is 2.00 bits per heavy atom. The van der Waals surface area contributed by atoms with E-state index in [0.717, 1.165) is 8.84 Å². The van der Waals surface area contributed by atoms with Gasteiger partial charge in [0.15, 0.2) is 0 Å². The predicted molar refractivity (Wildman–Crippen MR) is 40.2 cm³/mol. The molecule has 8 heteroatoms. The van der Waals surface area contributed by atoms with Crippen molar-refractivity contribution >= 4 is 29.5 Å². The molecule has 1 aliphatic heterocycles. The highest BCUT2D eigenvalue weighted by Gasteiger charge is 2.36. The number of hydrogen-bond acceptors (Lipinski definition) is 5. The molecule has 70 valence electrons. The summed E-state index contributed by atoms with van der Waals surface area (Å²) < 4.78 is 2.03. The number of carboxylic acids is 1. The molecule has 1 atom stereocenters. The van der Waals surface area contributed by atoms with Crippen LogP contribution < -0.4 is 0 Å². The molecule has 1 unspecified atom stereocenters. The van der Waals surface area contributed by atoms with E-state index in [1.165, 1.54) is 0 Å². The van der Waals surface area contributed by atoms with Crippen LogP contribution >= 0.6 is 23.6 Å². The Morgan fingerprint density at radius 3 is 2.42 bits per heavy atom. The van der Waals surface area contributed by atoms with Crippen molar-refractivity contribution in [1.29, 1.82) is 0 Å². The summed E-state index contributed by atoms with van der Waals surface area (Å²) in [5.41, 5.74) is 0. The summed E-state index contributed by atoms with van der Waals surface area (Å²) in [5.74, 6) is -1.22. The fraction of sp³-hybridized carbons (Fsp3) is 0.750. The van der Waals surface area contributed by atoms with Gasteiger partial charge in [-0.1, -0.05) is 0 Å². The molecule has 0 aromatic carbocycles. The summed E-state index contributed by atoms with van der Waals surface area (Å²) >= 11 is 11.0. The predicted octanol–water partition coefficient (Wildman–Crippen LogP) is -0.0715. The summed E-state index contributed by atoms with van der Waals surface area (Å²) in [7, 11) is 0. The van der Waals surface area contributed by atoms with E-state index >= 15 is 0 Å². The van der Waals surface area contributed by atoms with Crippen molar-refractivity contribution in [3.05, 3.63) is 0 Å². The molecule has 0 aromatic heterocycles. The second kappa shape index (κ2) is 3.73. The molecule has 1 rings (SSSR count). The molecule has 1 saturated heterocycles. The van der Waals surface area contributed by atoms with Crippen LogP contribution in [0.2, 0.25) is 0 Å². The number of aliphatic carboxylic acids is 1. The lowest BCUT2D eigenvalue weighted by Crippen LogP contribution is -2.57.